The van der Waals surface area contributed by atoms with Crippen LogP contribution in [0.4, 0.5) is 24.8 Å². The average Bonchev–Trinajstić information content (AvgIpc) is 3.69. The van der Waals surface area contributed by atoms with Crippen LogP contribution in [0.15, 0.2) is 24.4 Å². The Bertz CT molecular complexity index is 1110. The zero-order chi connectivity index (χ0) is 27.4. The van der Waals surface area contributed by atoms with Crippen molar-refractivity contribution in [3.8, 4) is 11.3 Å². The summed E-state index contributed by atoms with van der Waals surface area (Å²) in [5, 5.41) is 2.73. The summed E-state index contributed by atoms with van der Waals surface area (Å²) in [6.45, 7) is 9.39. The van der Waals surface area contributed by atoms with Gasteiger partial charge >= 0.3 is 6.18 Å². The molecule has 0 aromatic carbocycles. The topological polar surface area (TPSA) is 58.1 Å². The van der Waals surface area contributed by atoms with Gasteiger partial charge in [-0.2, -0.15) is 13.2 Å². The van der Waals surface area contributed by atoms with Crippen LogP contribution in [0.3, 0.4) is 0 Å². The zero-order valence-corrected chi connectivity index (χ0v) is 23.1. The molecular formula is C30H41F3N4O. The number of anilines is 2. The molecule has 2 atom stereocenters. The van der Waals surface area contributed by atoms with E-state index in [2.05, 4.69) is 42.0 Å². The summed E-state index contributed by atoms with van der Waals surface area (Å²) in [6.07, 6.45) is 4.71. The molecule has 38 heavy (non-hydrogen) atoms. The first-order chi connectivity index (χ1) is 18.1. The Morgan fingerprint density at radius 2 is 1.87 bits per heavy atom. The van der Waals surface area contributed by atoms with Gasteiger partial charge in [-0.15, -0.1) is 0 Å². The number of alkyl halides is 3. The van der Waals surface area contributed by atoms with E-state index in [1.54, 1.807) is 6.07 Å². The highest BCUT2D eigenvalue weighted by molar-refractivity contribution is 5.94. The predicted octanol–water partition coefficient (Wildman–Crippen LogP) is 8.08. The number of carbonyl (C=O) groups excluding carboxylic acids is 1. The van der Waals surface area contributed by atoms with Gasteiger partial charge in [0, 0.05) is 36.3 Å². The molecular weight excluding hydrogens is 489 g/mol. The van der Waals surface area contributed by atoms with Crippen LogP contribution < -0.4 is 10.2 Å². The van der Waals surface area contributed by atoms with Gasteiger partial charge in [-0.1, -0.05) is 33.6 Å². The third-order valence-corrected chi connectivity index (χ3v) is 8.20. The fourth-order valence-corrected chi connectivity index (χ4v) is 4.97. The van der Waals surface area contributed by atoms with Gasteiger partial charge in [0.25, 0.3) is 0 Å². The fraction of sp³-hybridized carbons (Fsp3) is 0.633. The lowest BCUT2D eigenvalue weighted by Gasteiger charge is -2.28. The Labute approximate surface area is 224 Å². The highest BCUT2D eigenvalue weighted by Crippen LogP contribution is 2.45. The molecule has 2 saturated carbocycles. The number of nitrogens with zero attached hydrogens (tertiary/aromatic N) is 3. The minimum Gasteiger partial charge on any atom is -0.357 e. The van der Waals surface area contributed by atoms with Crippen LogP contribution in [-0.2, 0) is 4.79 Å². The summed E-state index contributed by atoms with van der Waals surface area (Å²) in [4.78, 5) is 24.2. The van der Waals surface area contributed by atoms with Crippen LogP contribution in [-0.4, -0.2) is 35.1 Å². The molecule has 0 aliphatic heterocycles. The number of amides is 1. The van der Waals surface area contributed by atoms with Gasteiger partial charge in [0.1, 0.15) is 11.6 Å². The molecule has 0 saturated heterocycles. The lowest BCUT2D eigenvalue weighted by molar-refractivity contribution is -0.146. The maximum atomic E-state index is 14.1. The lowest BCUT2D eigenvalue weighted by Crippen LogP contribution is -2.30. The van der Waals surface area contributed by atoms with Crippen molar-refractivity contribution >= 4 is 17.5 Å². The maximum Gasteiger partial charge on any atom is 0.395 e. The molecule has 0 radical (unpaired) electrons. The number of hydrogen-bond acceptors (Lipinski definition) is 4. The first-order valence-electron chi connectivity index (χ1n) is 14.3. The molecule has 8 heteroatoms. The summed E-state index contributed by atoms with van der Waals surface area (Å²) in [7, 11) is 0. The molecule has 0 spiro atoms. The first-order valence-corrected chi connectivity index (χ1v) is 14.3. The van der Waals surface area contributed by atoms with Crippen molar-refractivity contribution in [2.75, 3.05) is 23.3 Å². The van der Waals surface area contributed by atoms with Crippen LogP contribution in [0.2, 0.25) is 0 Å². The van der Waals surface area contributed by atoms with Crippen molar-refractivity contribution in [2.45, 2.75) is 97.1 Å². The number of halogens is 3. The van der Waals surface area contributed by atoms with E-state index >= 15 is 0 Å². The van der Waals surface area contributed by atoms with Crippen LogP contribution in [0.1, 0.15) is 102 Å². The van der Waals surface area contributed by atoms with Crippen LogP contribution >= 0.6 is 0 Å². The van der Waals surface area contributed by atoms with E-state index in [1.807, 2.05) is 6.07 Å². The van der Waals surface area contributed by atoms with Crippen LogP contribution in [0.25, 0.3) is 11.3 Å². The Morgan fingerprint density at radius 1 is 1.13 bits per heavy atom. The van der Waals surface area contributed by atoms with E-state index in [0.717, 1.165) is 82.8 Å². The lowest BCUT2D eigenvalue weighted by atomic mass is 9.84. The molecule has 2 aliphatic rings. The molecule has 2 unspecified atom stereocenters. The van der Waals surface area contributed by atoms with Gasteiger partial charge in [0.15, 0.2) is 0 Å². The van der Waals surface area contributed by atoms with Gasteiger partial charge in [0.05, 0.1) is 11.6 Å². The number of aromatic nitrogens is 2. The highest BCUT2D eigenvalue weighted by atomic mass is 19.4. The normalized spacial score (nSPS) is 17.6. The number of hydrogen-bond donors (Lipinski definition) is 1. The van der Waals surface area contributed by atoms with E-state index in [4.69, 9.17) is 4.98 Å². The Kier molecular flexibility index (Phi) is 8.99. The molecule has 2 aliphatic carbocycles. The summed E-state index contributed by atoms with van der Waals surface area (Å²) < 4.78 is 42.4. The monoisotopic (exact) mass is 530 g/mol. The summed E-state index contributed by atoms with van der Waals surface area (Å²) in [6, 6.07) is 5.68. The Balaban J connectivity index is 1.79. The first kappa shape index (κ1) is 28.4. The van der Waals surface area contributed by atoms with Crippen molar-refractivity contribution in [1.29, 1.82) is 0 Å². The smallest absolute Gasteiger partial charge is 0.357 e. The second-order valence-corrected chi connectivity index (χ2v) is 11.2. The molecule has 2 aromatic rings. The van der Waals surface area contributed by atoms with E-state index in [1.165, 1.54) is 6.20 Å². The molecule has 2 heterocycles. The second-order valence-electron chi connectivity index (χ2n) is 11.2. The highest BCUT2D eigenvalue weighted by Gasteiger charge is 2.41. The van der Waals surface area contributed by atoms with Crippen molar-refractivity contribution in [3.05, 3.63) is 35.5 Å². The number of rotatable bonds is 12. The molecule has 4 rings (SSSR count). The minimum absolute atomic E-state index is 0.00779. The SMILES string of the molecule is CCCN(CCC(C)CC)c1cc(C2CC2)cc(-c2ccnc(NC(=O)C3CCC3)c2C(C)C(F)(F)F)n1. The van der Waals surface area contributed by atoms with Crippen LogP contribution in [0, 0.1) is 11.8 Å². The summed E-state index contributed by atoms with van der Waals surface area (Å²) in [5.74, 6) is -0.418. The van der Waals surface area contributed by atoms with Gasteiger partial charge in [-0.05, 0) is 81.0 Å². The maximum absolute atomic E-state index is 14.1. The third-order valence-electron chi connectivity index (χ3n) is 8.20. The molecule has 2 fully saturated rings. The molecule has 1 N–H and O–H groups in total. The number of pyridine rings is 2. The number of nitrogens with one attached hydrogen (secondary N) is 1. The van der Waals surface area contributed by atoms with E-state index < -0.39 is 12.1 Å². The Hall–Kier alpha value is -2.64. The minimum atomic E-state index is -4.49. The average molecular weight is 531 g/mol. The Morgan fingerprint density at radius 3 is 2.45 bits per heavy atom. The summed E-state index contributed by atoms with van der Waals surface area (Å²) >= 11 is 0. The van der Waals surface area contributed by atoms with Gasteiger partial charge in [-0.3, -0.25) is 4.79 Å². The van der Waals surface area contributed by atoms with Crippen molar-refractivity contribution in [3.63, 3.8) is 0 Å². The standard InChI is InChI=1S/C30H41F3N4O/c1-5-15-37(16-13-19(3)6-2)26-18-23(21-10-11-21)17-25(35-26)24-12-14-34-28(27(24)20(4)30(31,32)33)36-29(38)22-8-7-9-22/h12,14,17-22H,5-11,13,15-16H2,1-4H3,(H,34,36,38). The number of carbonyl (C=O) groups is 1. The second kappa shape index (κ2) is 12.0. The van der Waals surface area contributed by atoms with E-state index in [-0.39, 0.29) is 23.2 Å². The predicted molar refractivity (Wildman–Crippen MR) is 146 cm³/mol. The van der Waals surface area contributed by atoms with Gasteiger partial charge in [-0.25, -0.2) is 9.97 Å². The van der Waals surface area contributed by atoms with Gasteiger partial charge in [0.2, 0.25) is 5.91 Å². The zero-order valence-electron chi connectivity index (χ0n) is 23.1. The molecule has 1 amide bonds. The van der Waals surface area contributed by atoms with Crippen molar-refractivity contribution in [1.82, 2.24) is 9.97 Å². The third kappa shape index (κ3) is 6.67. The molecule has 208 valence electrons. The van der Waals surface area contributed by atoms with Crippen LogP contribution in [0.5, 0.6) is 0 Å². The molecule has 5 nitrogen and oxygen atoms in total. The molecule has 0 bridgehead atoms. The fourth-order valence-electron chi connectivity index (χ4n) is 4.97. The van der Waals surface area contributed by atoms with Crippen molar-refractivity contribution in [2.24, 2.45) is 11.8 Å². The van der Waals surface area contributed by atoms with Crippen molar-refractivity contribution < 1.29 is 18.0 Å². The largest absolute Gasteiger partial charge is 0.395 e. The quantitative estimate of drug-likeness (QED) is 0.301. The summed E-state index contributed by atoms with van der Waals surface area (Å²) in [5.41, 5.74) is 2.01. The van der Waals surface area contributed by atoms with E-state index in [9.17, 15) is 18.0 Å². The molecule has 2 aromatic heterocycles. The van der Waals surface area contributed by atoms with E-state index in [0.29, 0.717) is 23.1 Å². The van der Waals surface area contributed by atoms with Gasteiger partial charge < -0.3 is 10.2 Å².